The molecule has 0 aromatic carbocycles. The number of aliphatic hydroxyl groups is 2. The fourth-order valence-electron chi connectivity index (χ4n) is 1.03. The number of aliphatic hydroxyl groups excluding tert-OH is 2. The summed E-state index contributed by atoms with van der Waals surface area (Å²) in [5.41, 5.74) is 0.225. The average Bonchev–Trinajstić information content (AvgIpc) is 2.12. The third-order valence-corrected chi connectivity index (χ3v) is 3.11. The lowest BCUT2D eigenvalue weighted by molar-refractivity contribution is 0.171. The monoisotopic (exact) mass is 203 g/mol. The van der Waals surface area contributed by atoms with Gasteiger partial charge in [0.05, 0.1) is 6.61 Å². The molecule has 0 fully saturated rings. The molecule has 0 heterocycles. The zero-order valence-corrected chi connectivity index (χ0v) is 9.88. The summed E-state index contributed by atoms with van der Waals surface area (Å²) in [7, 11) is 0. The maximum absolute atomic E-state index is 9.02. The molecular weight excluding hydrogens is 178 g/mol. The van der Waals surface area contributed by atoms with Crippen LogP contribution in [0.2, 0.25) is 0 Å². The topological polar surface area (TPSA) is 52.5 Å². The van der Waals surface area contributed by atoms with Crippen LogP contribution in [0.5, 0.6) is 0 Å². The van der Waals surface area contributed by atoms with E-state index in [1.165, 1.54) is 0 Å². The molecule has 0 radical (unpaired) electrons. The molecule has 0 aliphatic heterocycles. The van der Waals surface area contributed by atoms with Gasteiger partial charge in [-0.3, -0.25) is 0 Å². The quantitative estimate of drug-likeness (QED) is 0.578. The third kappa shape index (κ3) is 4.94. The van der Waals surface area contributed by atoms with Crippen molar-refractivity contribution in [2.45, 2.75) is 40.2 Å². The van der Waals surface area contributed by atoms with Crippen LogP contribution in [0, 0.1) is 11.3 Å². The number of nitrogens with one attached hydrogen (secondary N) is 1. The molecule has 0 bridgehead atoms. The fraction of sp³-hybridized carbons (Fsp3) is 1.00. The largest absolute Gasteiger partial charge is 0.396 e. The van der Waals surface area contributed by atoms with Crippen molar-refractivity contribution in [2.75, 3.05) is 19.8 Å². The Morgan fingerprint density at radius 3 is 2.14 bits per heavy atom. The molecule has 3 N–H and O–H groups in total. The molecule has 0 rings (SSSR count). The Bertz CT molecular complexity index is 146. The van der Waals surface area contributed by atoms with Crippen LogP contribution in [0.15, 0.2) is 0 Å². The van der Waals surface area contributed by atoms with Crippen LogP contribution in [-0.2, 0) is 0 Å². The van der Waals surface area contributed by atoms with Gasteiger partial charge >= 0.3 is 0 Å². The zero-order chi connectivity index (χ0) is 11.2. The summed E-state index contributed by atoms with van der Waals surface area (Å²) in [5, 5.41) is 21.1. The third-order valence-electron chi connectivity index (χ3n) is 3.11. The number of rotatable bonds is 7. The molecule has 0 aromatic rings. The van der Waals surface area contributed by atoms with Gasteiger partial charge in [-0.05, 0) is 17.8 Å². The van der Waals surface area contributed by atoms with E-state index in [0.717, 1.165) is 6.54 Å². The van der Waals surface area contributed by atoms with E-state index in [1.807, 2.05) is 0 Å². The van der Waals surface area contributed by atoms with Gasteiger partial charge in [-0.15, -0.1) is 0 Å². The predicted molar refractivity (Wildman–Crippen MR) is 59.2 cm³/mol. The van der Waals surface area contributed by atoms with Crippen LogP contribution in [0.4, 0.5) is 0 Å². The number of hydrogen-bond acceptors (Lipinski definition) is 3. The average molecular weight is 203 g/mol. The summed E-state index contributed by atoms with van der Waals surface area (Å²) in [5.74, 6) is 0.600. The van der Waals surface area contributed by atoms with E-state index in [1.54, 1.807) is 0 Å². The molecule has 0 spiro atoms. The lowest BCUT2D eigenvalue weighted by Crippen LogP contribution is -2.41. The van der Waals surface area contributed by atoms with E-state index in [0.29, 0.717) is 12.3 Å². The zero-order valence-electron chi connectivity index (χ0n) is 9.88. The maximum atomic E-state index is 9.02. The maximum Gasteiger partial charge on any atom is 0.0585 e. The highest BCUT2D eigenvalue weighted by atomic mass is 16.3. The van der Waals surface area contributed by atoms with Crippen LogP contribution in [-0.4, -0.2) is 36.0 Å². The molecule has 0 saturated carbocycles. The van der Waals surface area contributed by atoms with Crippen LogP contribution in [0.1, 0.15) is 34.1 Å². The van der Waals surface area contributed by atoms with E-state index in [2.05, 4.69) is 33.0 Å². The Morgan fingerprint density at radius 1 is 1.21 bits per heavy atom. The highest BCUT2D eigenvalue weighted by Crippen LogP contribution is 2.24. The lowest BCUT2D eigenvalue weighted by atomic mass is 9.81. The Kier molecular flexibility index (Phi) is 6.33. The first kappa shape index (κ1) is 13.9. The first-order valence-electron chi connectivity index (χ1n) is 5.39. The van der Waals surface area contributed by atoms with Crippen molar-refractivity contribution in [3.63, 3.8) is 0 Å². The van der Waals surface area contributed by atoms with E-state index in [-0.39, 0.29) is 24.7 Å². The standard InChI is InChI=1S/C11H25NO2/c1-9(2)11(3,4)8-12-10(7-14)5-6-13/h9-10,12-14H,5-8H2,1-4H3. The van der Waals surface area contributed by atoms with Crippen molar-refractivity contribution in [1.82, 2.24) is 5.32 Å². The summed E-state index contributed by atoms with van der Waals surface area (Å²) < 4.78 is 0. The molecular formula is C11H25NO2. The minimum atomic E-state index is 0.0259. The van der Waals surface area contributed by atoms with E-state index < -0.39 is 0 Å². The molecule has 3 heteroatoms. The van der Waals surface area contributed by atoms with E-state index >= 15 is 0 Å². The summed E-state index contributed by atoms with van der Waals surface area (Å²) >= 11 is 0. The molecule has 14 heavy (non-hydrogen) atoms. The van der Waals surface area contributed by atoms with Gasteiger partial charge in [0.25, 0.3) is 0 Å². The Balaban J connectivity index is 3.89. The minimum absolute atomic E-state index is 0.0259. The second-order valence-corrected chi connectivity index (χ2v) is 4.92. The molecule has 86 valence electrons. The van der Waals surface area contributed by atoms with Gasteiger partial charge in [-0.25, -0.2) is 0 Å². The Morgan fingerprint density at radius 2 is 1.79 bits per heavy atom. The van der Waals surface area contributed by atoms with Gasteiger partial charge in [0.15, 0.2) is 0 Å². The van der Waals surface area contributed by atoms with E-state index in [9.17, 15) is 0 Å². The van der Waals surface area contributed by atoms with Crippen molar-refractivity contribution in [3.05, 3.63) is 0 Å². The first-order chi connectivity index (χ1) is 6.44. The molecule has 1 unspecified atom stereocenters. The van der Waals surface area contributed by atoms with Crippen molar-refractivity contribution >= 4 is 0 Å². The molecule has 0 aliphatic rings. The highest BCUT2D eigenvalue weighted by molar-refractivity contribution is 4.77. The molecule has 0 amide bonds. The molecule has 3 nitrogen and oxygen atoms in total. The van der Waals surface area contributed by atoms with E-state index in [4.69, 9.17) is 10.2 Å². The van der Waals surface area contributed by atoms with Crippen LogP contribution >= 0.6 is 0 Å². The van der Waals surface area contributed by atoms with Gasteiger partial charge in [-0.2, -0.15) is 0 Å². The molecule has 0 aromatic heterocycles. The summed E-state index contributed by atoms with van der Waals surface area (Å²) in [6.45, 7) is 9.89. The van der Waals surface area contributed by atoms with Crippen LogP contribution in [0.3, 0.4) is 0 Å². The Labute approximate surface area is 87.5 Å². The van der Waals surface area contributed by atoms with Crippen molar-refractivity contribution in [2.24, 2.45) is 11.3 Å². The van der Waals surface area contributed by atoms with Gasteiger partial charge in [0.1, 0.15) is 0 Å². The van der Waals surface area contributed by atoms with Gasteiger partial charge in [0.2, 0.25) is 0 Å². The number of hydrogen-bond donors (Lipinski definition) is 3. The Hall–Kier alpha value is -0.120. The SMILES string of the molecule is CC(C)C(C)(C)CNC(CO)CCO. The van der Waals surface area contributed by atoms with Crippen molar-refractivity contribution < 1.29 is 10.2 Å². The smallest absolute Gasteiger partial charge is 0.0585 e. The lowest BCUT2D eigenvalue weighted by Gasteiger charge is -2.31. The van der Waals surface area contributed by atoms with Crippen LogP contribution < -0.4 is 5.32 Å². The van der Waals surface area contributed by atoms with Crippen LogP contribution in [0.25, 0.3) is 0 Å². The molecule has 1 atom stereocenters. The van der Waals surface area contributed by atoms with Gasteiger partial charge in [-0.1, -0.05) is 27.7 Å². The van der Waals surface area contributed by atoms with Crippen molar-refractivity contribution in [1.29, 1.82) is 0 Å². The summed E-state index contributed by atoms with van der Waals surface area (Å²) in [4.78, 5) is 0. The minimum Gasteiger partial charge on any atom is -0.396 e. The van der Waals surface area contributed by atoms with Crippen molar-refractivity contribution in [3.8, 4) is 0 Å². The second kappa shape index (κ2) is 6.38. The van der Waals surface area contributed by atoms with Gasteiger partial charge in [0, 0.05) is 19.2 Å². The predicted octanol–water partition coefficient (Wildman–Crippen LogP) is 1.00. The first-order valence-corrected chi connectivity index (χ1v) is 5.39. The molecule has 0 aliphatic carbocycles. The fourth-order valence-corrected chi connectivity index (χ4v) is 1.03. The second-order valence-electron chi connectivity index (χ2n) is 4.92. The highest BCUT2D eigenvalue weighted by Gasteiger charge is 2.22. The summed E-state index contributed by atoms with van der Waals surface area (Å²) in [6.07, 6.45) is 0.616. The molecule has 0 saturated heterocycles. The normalized spacial score (nSPS) is 14.8. The summed E-state index contributed by atoms with van der Waals surface area (Å²) in [6, 6.07) is 0.0259. The van der Waals surface area contributed by atoms with Gasteiger partial charge < -0.3 is 15.5 Å².